The van der Waals surface area contributed by atoms with Crippen LogP contribution in [0.5, 0.6) is 17.2 Å². The lowest BCUT2D eigenvalue weighted by Crippen LogP contribution is -2.38. The summed E-state index contributed by atoms with van der Waals surface area (Å²) in [6, 6.07) is 13.6. The normalized spacial score (nSPS) is 11.0. The minimum Gasteiger partial charge on any atom is -0.493 e. The van der Waals surface area contributed by atoms with Gasteiger partial charge in [-0.15, -0.1) is 0 Å². The van der Waals surface area contributed by atoms with E-state index in [9.17, 15) is 0 Å². The molecule has 0 aromatic heterocycles. The molecular weight excluding hydrogens is 398 g/mol. The minimum atomic E-state index is 0.540. The molecule has 0 aliphatic carbocycles. The molecule has 0 unspecified atom stereocenters. The number of nitrogens with one attached hydrogen (secondary N) is 2. The van der Waals surface area contributed by atoms with Crippen molar-refractivity contribution in [1.82, 2.24) is 10.6 Å². The topological polar surface area (TPSA) is 64.1 Å². The van der Waals surface area contributed by atoms with Crippen LogP contribution in [0.1, 0.15) is 5.56 Å². The molecule has 2 aromatic rings. The van der Waals surface area contributed by atoms with Gasteiger partial charge in [0.1, 0.15) is 12.4 Å². The fraction of sp³-hybridized carbons (Fsp3) is 0.316. The van der Waals surface area contributed by atoms with Crippen LogP contribution in [0.2, 0.25) is 0 Å². The maximum absolute atomic E-state index is 5.68. The van der Waals surface area contributed by atoms with Crippen LogP contribution < -0.4 is 24.8 Å². The molecule has 0 atom stereocenters. The Morgan fingerprint density at radius 2 is 1.73 bits per heavy atom. The van der Waals surface area contributed by atoms with Crippen molar-refractivity contribution < 1.29 is 14.2 Å². The van der Waals surface area contributed by atoms with Crippen molar-refractivity contribution in [3.05, 3.63) is 52.5 Å². The highest BCUT2D eigenvalue weighted by atomic mass is 79.9. The summed E-state index contributed by atoms with van der Waals surface area (Å²) in [7, 11) is 4.98. The monoisotopic (exact) mass is 421 g/mol. The maximum Gasteiger partial charge on any atom is 0.191 e. The highest BCUT2D eigenvalue weighted by Crippen LogP contribution is 2.27. The molecule has 0 spiro atoms. The lowest BCUT2D eigenvalue weighted by atomic mass is 10.2. The standard InChI is InChI=1S/C19H24BrN3O3/c1-21-19(22-10-11-26-16-7-5-15(20)6-8-16)23-13-14-4-9-17(24-2)18(12-14)25-3/h4-9,12H,10-11,13H2,1-3H3,(H2,21,22,23). The van der Waals surface area contributed by atoms with E-state index in [0.29, 0.717) is 37.2 Å². The summed E-state index contributed by atoms with van der Waals surface area (Å²) in [4.78, 5) is 4.21. The van der Waals surface area contributed by atoms with Crippen molar-refractivity contribution in [3.63, 3.8) is 0 Å². The van der Waals surface area contributed by atoms with Gasteiger partial charge in [0.25, 0.3) is 0 Å². The van der Waals surface area contributed by atoms with E-state index in [1.165, 1.54) is 0 Å². The lowest BCUT2D eigenvalue weighted by Gasteiger charge is -2.14. The number of rotatable bonds is 8. The van der Waals surface area contributed by atoms with Gasteiger partial charge in [0.15, 0.2) is 17.5 Å². The number of guanidine groups is 1. The Morgan fingerprint density at radius 3 is 2.38 bits per heavy atom. The van der Waals surface area contributed by atoms with Crippen molar-refractivity contribution in [1.29, 1.82) is 0 Å². The van der Waals surface area contributed by atoms with E-state index in [2.05, 4.69) is 31.6 Å². The Kier molecular flexibility index (Phi) is 8.08. The van der Waals surface area contributed by atoms with Gasteiger partial charge in [-0.1, -0.05) is 22.0 Å². The van der Waals surface area contributed by atoms with Crippen LogP contribution in [0.15, 0.2) is 51.9 Å². The molecule has 0 fully saturated rings. The molecule has 0 amide bonds. The number of aliphatic imine (C=N–C) groups is 1. The first-order chi connectivity index (χ1) is 12.7. The second-order valence-corrected chi connectivity index (χ2v) is 6.26. The van der Waals surface area contributed by atoms with Crippen molar-refractivity contribution in [2.24, 2.45) is 4.99 Å². The summed E-state index contributed by atoms with van der Waals surface area (Å²) < 4.78 is 17.3. The van der Waals surface area contributed by atoms with E-state index in [1.807, 2.05) is 42.5 Å². The molecule has 0 aliphatic rings. The van der Waals surface area contributed by atoms with E-state index in [0.717, 1.165) is 15.8 Å². The average molecular weight is 422 g/mol. The van der Waals surface area contributed by atoms with Crippen LogP contribution in [-0.2, 0) is 6.54 Å². The summed E-state index contributed by atoms with van der Waals surface area (Å²) in [5.41, 5.74) is 1.07. The van der Waals surface area contributed by atoms with Gasteiger partial charge in [-0.05, 0) is 42.0 Å². The Bertz CT molecular complexity index is 720. The van der Waals surface area contributed by atoms with Gasteiger partial charge in [-0.3, -0.25) is 4.99 Å². The second kappa shape index (κ2) is 10.6. The molecule has 2 N–H and O–H groups in total. The minimum absolute atomic E-state index is 0.540. The van der Waals surface area contributed by atoms with Gasteiger partial charge >= 0.3 is 0 Å². The number of ether oxygens (including phenoxy) is 3. The molecule has 26 heavy (non-hydrogen) atoms. The molecule has 0 saturated carbocycles. The molecular formula is C19H24BrN3O3. The van der Waals surface area contributed by atoms with Crippen molar-refractivity contribution in [2.45, 2.75) is 6.54 Å². The molecule has 2 aromatic carbocycles. The first-order valence-electron chi connectivity index (χ1n) is 8.20. The van der Waals surface area contributed by atoms with Gasteiger partial charge in [-0.25, -0.2) is 0 Å². The second-order valence-electron chi connectivity index (χ2n) is 5.34. The Labute approximate surface area is 162 Å². The van der Waals surface area contributed by atoms with E-state index < -0.39 is 0 Å². The highest BCUT2D eigenvalue weighted by molar-refractivity contribution is 9.10. The molecule has 6 nitrogen and oxygen atoms in total. The maximum atomic E-state index is 5.68. The molecule has 140 valence electrons. The van der Waals surface area contributed by atoms with Gasteiger partial charge in [0, 0.05) is 18.1 Å². The van der Waals surface area contributed by atoms with Gasteiger partial charge in [-0.2, -0.15) is 0 Å². The third-order valence-corrected chi connectivity index (χ3v) is 4.14. The number of benzene rings is 2. The summed E-state index contributed by atoms with van der Waals surface area (Å²) in [6.07, 6.45) is 0. The van der Waals surface area contributed by atoms with Crippen molar-refractivity contribution in [2.75, 3.05) is 34.4 Å². The SMILES string of the molecule is CN=C(NCCOc1ccc(Br)cc1)NCc1ccc(OC)c(OC)c1. The zero-order valence-electron chi connectivity index (χ0n) is 15.2. The molecule has 0 bridgehead atoms. The molecule has 7 heteroatoms. The lowest BCUT2D eigenvalue weighted by molar-refractivity contribution is 0.322. The Morgan fingerprint density at radius 1 is 1.00 bits per heavy atom. The number of hydrogen-bond acceptors (Lipinski definition) is 4. The first kappa shape index (κ1) is 19.9. The summed E-state index contributed by atoms with van der Waals surface area (Å²) >= 11 is 3.40. The van der Waals surface area contributed by atoms with Crippen LogP contribution in [0.4, 0.5) is 0 Å². The quantitative estimate of drug-likeness (QED) is 0.389. The van der Waals surface area contributed by atoms with E-state index in [-0.39, 0.29) is 0 Å². The van der Waals surface area contributed by atoms with E-state index in [4.69, 9.17) is 14.2 Å². The third kappa shape index (κ3) is 6.15. The zero-order valence-corrected chi connectivity index (χ0v) is 16.8. The van der Waals surface area contributed by atoms with Crippen LogP contribution in [0.25, 0.3) is 0 Å². The number of nitrogens with zero attached hydrogens (tertiary/aromatic N) is 1. The molecule has 2 rings (SSSR count). The predicted molar refractivity (Wildman–Crippen MR) is 107 cm³/mol. The number of hydrogen-bond donors (Lipinski definition) is 2. The van der Waals surface area contributed by atoms with Gasteiger partial charge in [0.2, 0.25) is 0 Å². The molecule has 0 radical (unpaired) electrons. The Balaban J connectivity index is 1.76. The van der Waals surface area contributed by atoms with Crippen molar-refractivity contribution >= 4 is 21.9 Å². The van der Waals surface area contributed by atoms with Crippen LogP contribution in [0.3, 0.4) is 0 Å². The Hall–Kier alpha value is -2.41. The largest absolute Gasteiger partial charge is 0.493 e. The van der Waals surface area contributed by atoms with E-state index in [1.54, 1.807) is 21.3 Å². The fourth-order valence-corrected chi connectivity index (χ4v) is 2.53. The van der Waals surface area contributed by atoms with Gasteiger partial charge in [0.05, 0.1) is 20.8 Å². The predicted octanol–water partition coefficient (Wildman–Crippen LogP) is 3.21. The fourth-order valence-electron chi connectivity index (χ4n) is 2.27. The van der Waals surface area contributed by atoms with E-state index >= 15 is 0 Å². The average Bonchev–Trinajstić information content (AvgIpc) is 2.68. The summed E-state index contributed by atoms with van der Waals surface area (Å²) in [6.45, 7) is 1.80. The molecule has 0 aliphatic heterocycles. The number of methoxy groups -OCH3 is 2. The number of halogens is 1. The van der Waals surface area contributed by atoms with Crippen LogP contribution in [-0.4, -0.2) is 40.4 Å². The zero-order chi connectivity index (χ0) is 18.8. The van der Waals surface area contributed by atoms with Gasteiger partial charge < -0.3 is 24.8 Å². The molecule has 0 saturated heterocycles. The van der Waals surface area contributed by atoms with Crippen molar-refractivity contribution in [3.8, 4) is 17.2 Å². The van der Waals surface area contributed by atoms with Crippen LogP contribution >= 0.6 is 15.9 Å². The summed E-state index contributed by atoms with van der Waals surface area (Å²) in [5.74, 6) is 2.96. The van der Waals surface area contributed by atoms with Crippen LogP contribution in [0, 0.1) is 0 Å². The smallest absolute Gasteiger partial charge is 0.191 e. The summed E-state index contributed by atoms with van der Waals surface area (Å²) in [5, 5.41) is 6.48. The first-order valence-corrected chi connectivity index (χ1v) is 8.99. The molecule has 0 heterocycles. The highest BCUT2D eigenvalue weighted by Gasteiger charge is 2.05. The third-order valence-electron chi connectivity index (χ3n) is 3.61.